The first-order valence-electron chi connectivity index (χ1n) is 4.90. The summed E-state index contributed by atoms with van der Waals surface area (Å²) < 4.78 is 22.9. The molecule has 0 saturated carbocycles. The van der Waals surface area contributed by atoms with E-state index < -0.39 is 9.84 Å². The van der Waals surface area contributed by atoms with E-state index in [1.165, 1.54) is 6.07 Å². The third-order valence-corrected chi connectivity index (χ3v) is 3.52. The molecule has 0 amide bonds. The first-order valence-corrected chi connectivity index (χ1v) is 6.79. The molecule has 1 aromatic carbocycles. The summed E-state index contributed by atoms with van der Waals surface area (Å²) in [6, 6.07) is 4.69. The van der Waals surface area contributed by atoms with Gasteiger partial charge in [-0.2, -0.15) is 0 Å². The molecule has 0 aliphatic rings. The van der Waals surface area contributed by atoms with Gasteiger partial charge in [0.2, 0.25) is 0 Å². The average molecular weight is 241 g/mol. The zero-order valence-corrected chi connectivity index (χ0v) is 10.2. The Bertz CT molecular complexity index is 506. The molecule has 2 N–H and O–H groups in total. The van der Waals surface area contributed by atoms with Crippen LogP contribution in [0.1, 0.15) is 22.3 Å². The molecule has 0 saturated heterocycles. The minimum atomic E-state index is -3.29. The number of hydrogen-bond acceptors (Lipinski definition) is 4. The van der Waals surface area contributed by atoms with Crippen LogP contribution < -0.4 is 5.73 Å². The Labute approximate surface area is 95.4 Å². The lowest BCUT2D eigenvalue weighted by molar-refractivity contribution is 0.0985. The topological polar surface area (TPSA) is 77.2 Å². The molecule has 1 rings (SSSR count). The van der Waals surface area contributed by atoms with E-state index in [9.17, 15) is 13.2 Å². The molecule has 0 radical (unpaired) electrons. The number of carbonyl (C=O) groups is 1. The SMILES string of the molecule is Cc1ccc(C(=O)CCN)cc1S(C)(=O)=O. The van der Waals surface area contributed by atoms with Crippen molar-refractivity contribution in [2.75, 3.05) is 12.8 Å². The first kappa shape index (κ1) is 12.9. The van der Waals surface area contributed by atoms with Crippen LogP contribution in [-0.4, -0.2) is 27.0 Å². The number of sulfone groups is 1. The van der Waals surface area contributed by atoms with E-state index in [1.54, 1.807) is 19.1 Å². The molecule has 0 aromatic heterocycles. The Morgan fingerprint density at radius 1 is 1.38 bits per heavy atom. The number of ketones is 1. The van der Waals surface area contributed by atoms with Crippen LogP contribution in [0.15, 0.2) is 23.1 Å². The molecule has 4 nitrogen and oxygen atoms in total. The van der Waals surface area contributed by atoms with E-state index in [2.05, 4.69) is 0 Å². The second kappa shape index (κ2) is 4.76. The van der Waals surface area contributed by atoms with Gasteiger partial charge in [-0.25, -0.2) is 8.42 Å². The highest BCUT2D eigenvalue weighted by molar-refractivity contribution is 7.90. The molecule has 0 atom stereocenters. The quantitative estimate of drug-likeness (QED) is 0.795. The fourth-order valence-corrected chi connectivity index (χ4v) is 2.44. The highest BCUT2D eigenvalue weighted by Crippen LogP contribution is 2.17. The highest BCUT2D eigenvalue weighted by Gasteiger charge is 2.14. The third kappa shape index (κ3) is 2.90. The van der Waals surface area contributed by atoms with Gasteiger partial charge in [0.1, 0.15) is 0 Å². The van der Waals surface area contributed by atoms with E-state index in [-0.39, 0.29) is 23.6 Å². The summed E-state index contributed by atoms with van der Waals surface area (Å²) in [4.78, 5) is 11.8. The standard InChI is InChI=1S/C11H15NO3S/c1-8-3-4-9(10(13)5-6-12)7-11(8)16(2,14)15/h3-4,7H,5-6,12H2,1-2H3. The molecule has 16 heavy (non-hydrogen) atoms. The van der Waals surface area contributed by atoms with E-state index in [0.717, 1.165) is 6.26 Å². The number of nitrogens with two attached hydrogens (primary N) is 1. The fourth-order valence-electron chi connectivity index (χ4n) is 1.45. The van der Waals surface area contributed by atoms with Crippen molar-refractivity contribution in [3.8, 4) is 0 Å². The second-order valence-electron chi connectivity index (χ2n) is 3.71. The molecule has 0 fully saturated rings. The Hall–Kier alpha value is -1.20. The molecule has 0 spiro atoms. The Kier molecular flexibility index (Phi) is 3.83. The molecule has 0 bridgehead atoms. The minimum absolute atomic E-state index is 0.132. The summed E-state index contributed by atoms with van der Waals surface area (Å²) in [5.41, 5.74) is 6.33. The Balaban J connectivity index is 3.23. The van der Waals surface area contributed by atoms with Crippen LogP contribution in [0.3, 0.4) is 0 Å². The van der Waals surface area contributed by atoms with Crippen molar-refractivity contribution in [2.45, 2.75) is 18.2 Å². The van der Waals surface area contributed by atoms with Gasteiger partial charge in [0.05, 0.1) is 4.90 Å². The summed E-state index contributed by atoms with van der Waals surface area (Å²) in [5, 5.41) is 0. The van der Waals surface area contributed by atoms with Crippen molar-refractivity contribution < 1.29 is 13.2 Å². The Morgan fingerprint density at radius 3 is 2.50 bits per heavy atom. The average Bonchev–Trinajstić information content (AvgIpc) is 2.16. The van der Waals surface area contributed by atoms with Gasteiger partial charge in [0.25, 0.3) is 0 Å². The lowest BCUT2D eigenvalue weighted by atomic mass is 10.1. The smallest absolute Gasteiger partial charge is 0.175 e. The van der Waals surface area contributed by atoms with Gasteiger partial charge in [-0.05, 0) is 25.1 Å². The molecular formula is C11H15NO3S. The molecule has 0 unspecified atom stereocenters. The van der Waals surface area contributed by atoms with E-state index in [1.807, 2.05) is 0 Å². The van der Waals surface area contributed by atoms with Crippen LogP contribution >= 0.6 is 0 Å². The van der Waals surface area contributed by atoms with E-state index in [0.29, 0.717) is 11.1 Å². The Morgan fingerprint density at radius 2 is 2.00 bits per heavy atom. The molecule has 1 aromatic rings. The van der Waals surface area contributed by atoms with Crippen molar-refractivity contribution in [2.24, 2.45) is 5.73 Å². The van der Waals surface area contributed by atoms with Gasteiger partial charge in [0, 0.05) is 18.2 Å². The maximum absolute atomic E-state index is 11.6. The number of Topliss-reactive ketones (excluding diaryl/α,β-unsaturated/α-hetero) is 1. The summed E-state index contributed by atoms with van der Waals surface area (Å²) in [6.07, 6.45) is 1.36. The van der Waals surface area contributed by atoms with Gasteiger partial charge in [-0.15, -0.1) is 0 Å². The molecule has 5 heteroatoms. The zero-order chi connectivity index (χ0) is 12.3. The van der Waals surface area contributed by atoms with Crippen molar-refractivity contribution >= 4 is 15.6 Å². The summed E-state index contributed by atoms with van der Waals surface area (Å²) in [6.45, 7) is 1.97. The van der Waals surface area contributed by atoms with Gasteiger partial charge >= 0.3 is 0 Å². The zero-order valence-electron chi connectivity index (χ0n) is 9.36. The highest BCUT2D eigenvalue weighted by atomic mass is 32.2. The monoisotopic (exact) mass is 241 g/mol. The number of hydrogen-bond donors (Lipinski definition) is 1. The molecule has 0 aliphatic heterocycles. The molecular weight excluding hydrogens is 226 g/mol. The lowest BCUT2D eigenvalue weighted by Crippen LogP contribution is -2.09. The van der Waals surface area contributed by atoms with Crippen LogP contribution in [-0.2, 0) is 9.84 Å². The number of benzene rings is 1. The third-order valence-electron chi connectivity index (χ3n) is 2.28. The normalized spacial score (nSPS) is 11.4. The van der Waals surface area contributed by atoms with Crippen LogP contribution in [0.25, 0.3) is 0 Å². The fraction of sp³-hybridized carbons (Fsp3) is 0.364. The molecule has 0 aliphatic carbocycles. The van der Waals surface area contributed by atoms with Crippen molar-refractivity contribution in [3.05, 3.63) is 29.3 Å². The van der Waals surface area contributed by atoms with E-state index in [4.69, 9.17) is 5.73 Å². The predicted octanol–water partition coefficient (Wildman–Crippen LogP) is 0.930. The van der Waals surface area contributed by atoms with E-state index >= 15 is 0 Å². The summed E-state index contributed by atoms with van der Waals surface area (Å²) in [5.74, 6) is -0.132. The largest absolute Gasteiger partial charge is 0.330 e. The van der Waals surface area contributed by atoms with Crippen molar-refractivity contribution in [1.82, 2.24) is 0 Å². The van der Waals surface area contributed by atoms with Gasteiger partial charge in [-0.3, -0.25) is 4.79 Å². The van der Waals surface area contributed by atoms with Gasteiger partial charge < -0.3 is 5.73 Å². The predicted molar refractivity (Wildman–Crippen MR) is 62.3 cm³/mol. The van der Waals surface area contributed by atoms with Crippen LogP contribution in [0.2, 0.25) is 0 Å². The number of aryl methyl sites for hydroxylation is 1. The number of carbonyl (C=O) groups excluding carboxylic acids is 1. The van der Waals surface area contributed by atoms with Crippen LogP contribution in [0, 0.1) is 6.92 Å². The summed E-state index contributed by atoms with van der Waals surface area (Å²) in [7, 11) is -3.29. The summed E-state index contributed by atoms with van der Waals surface area (Å²) >= 11 is 0. The molecule has 0 heterocycles. The molecule has 88 valence electrons. The second-order valence-corrected chi connectivity index (χ2v) is 5.70. The minimum Gasteiger partial charge on any atom is -0.330 e. The first-order chi connectivity index (χ1) is 7.36. The van der Waals surface area contributed by atoms with Crippen LogP contribution in [0.4, 0.5) is 0 Å². The van der Waals surface area contributed by atoms with Gasteiger partial charge in [-0.1, -0.05) is 12.1 Å². The number of rotatable bonds is 4. The maximum atomic E-state index is 11.6. The van der Waals surface area contributed by atoms with Crippen molar-refractivity contribution in [3.63, 3.8) is 0 Å². The van der Waals surface area contributed by atoms with Crippen molar-refractivity contribution in [1.29, 1.82) is 0 Å². The van der Waals surface area contributed by atoms with Crippen LogP contribution in [0.5, 0.6) is 0 Å². The maximum Gasteiger partial charge on any atom is 0.175 e. The lowest BCUT2D eigenvalue weighted by Gasteiger charge is -2.06. The van der Waals surface area contributed by atoms with Gasteiger partial charge in [0.15, 0.2) is 15.6 Å².